The molecule has 1 heterocycles. The average Bonchev–Trinajstić information content (AvgIpc) is 2.17. The molecule has 1 rings (SSSR count). The third kappa shape index (κ3) is 3.99. The van der Waals surface area contributed by atoms with Crippen LogP contribution in [0.2, 0.25) is 0 Å². The number of aliphatic hydroxyl groups excluding tert-OH is 1. The normalized spacial score (nSPS) is 19.9. The van der Waals surface area contributed by atoms with E-state index < -0.39 is 15.7 Å². The summed E-state index contributed by atoms with van der Waals surface area (Å²) in [5.74, 6) is 0. The van der Waals surface area contributed by atoms with Crippen molar-refractivity contribution in [2.75, 3.05) is 32.8 Å². The summed E-state index contributed by atoms with van der Waals surface area (Å²) in [5, 5.41) is 12.0. The Morgan fingerprint density at radius 2 is 1.94 bits per heavy atom. The van der Waals surface area contributed by atoms with Gasteiger partial charge in [0.15, 0.2) is 0 Å². The van der Waals surface area contributed by atoms with Gasteiger partial charge in [0.1, 0.15) is 0 Å². The molecule has 0 aromatic heterocycles. The molecule has 0 unspecified atom stereocenters. The number of nitrogens with zero attached hydrogens (tertiary/aromatic N) is 1. The Hall–Kier alpha value is -0.210. The van der Waals surface area contributed by atoms with Gasteiger partial charge in [-0.1, -0.05) is 0 Å². The highest BCUT2D eigenvalue weighted by molar-refractivity contribution is 7.87. The maximum atomic E-state index is 12.0. The van der Waals surface area contributed by atoms with Gasteiger partial charge in [-0.05, 0) is 20.3 Å². The zero-order valence-electron chi connectivity index (χ0n) is 9.86. The van der Waals surface area contributed by atoms with Crippen LogP contribution in [-0.4, -0.2) is 56.2 Å². The summed E-state index contributed by atoms with van der Waals surface area (Å²) >= 11 is 0. The summed E-state index contributed by atoms with van der Waals surface area (Å²) in [4.78, 5) is 0. The zero-order chi connectivity index (χ0) is 12.2. The van der Waals surface area contributed by atoms with Crippen molar-refractivity contribution in [3.8, 4) is 0 Å². The second-order valence-corrected chi connectivity index (χ2v) is 6.28. The first kappa shape index (κ1) is 13.9. The van der Waals surface area contributed by atoms with Crippen LogP contribution in [0.1, 0.15) is 20.3 Å². The van der Waals surface area contributed by atoms with Gasteiger partial charge in [-0.15, -0.1) is 0 Å². The van der Waals surface area contributed by atoms with Crippen LogP contribution in [0, 0.1) is 0 Å². The van der Waals surface area contributed by atoms with E-state index >= 15 is 0 Å². The minimum atomic E-state index is -3.43. The summed E-state index contributed by atoms with van der Waals surface area (Å²) in [6.45, 7) is 5.85. The van der Waals surface area contributed by atoms with Gasteiger partial charge in [0.05, 0.1) is 0 Å². The third-order valence-electron chi connectivity index (χ3n) is 2.56. The van der Waals surface area contributed by atoms with Crippen LogP contribution in [0.3, 0.4) is 0 Å². The lowest BCUT2D eigenvalue weighted by molar-refractivity contribution is 0.242. The Labute approximate surface area is 97.2 Å². The molecule has 1 fully saturated rings. The number of piperazine rings is 1. The maximum absolute atomic E-state index is 12.0. The fraction of sp³-hybridized carbons (Fsp3) is 1.00. The number of rotatable bonds is 5. The molecule has 0 bridgehead atoms. The van der Waals surface area contributed by atoms with E-state index in [9.17, 15) is 8.42 Å². The summed E-state index contributed by atoms with van der Waals surface area (Å²) < 4.78 is 28.0. The van der Waals surface area contributed by atoms with E-state index in [0.717, 1.165) is 0 Å². The van der Waals surface area contributed by atoms with Gasteiger partial charge < -0.3 is 10.4 Å². The highest BCUT2D eigenvalue weighted by atomic mass is 32.2. The molecule has 3 N–H and O–H groups in total. The summed E-state index contributed by atoms with van der Waals surface area (Å²) in [6.07, 6.45) is 0.401. The molecule has 0 aromatic rings. The number of hydrogen-bond acceptors (Lipinski definition) is 4. The largest absolute Gasteiger partial charge is 0.396 e. The van der Waals surface area contributed by atoms with Crippen LogP contribution < -0.4 is 10.0 Å². The molecule has 0 radical (unpaired) electrons. The Morgan fingerprint density at radius 3 is 2.44 bits per heavy atom. The smallest absolute Gasteiger partial charge is 0.280 e. The monoisotopic (exact) mass is 251 g/mol. The second kappa shape index (κ2) is 5.42. The minimum Gasteiger partial charge on any atom is -0.396 e. The first-order valence-corrected chi connectivity index (χ1v) is 6.92. The van der Waals surface area contributed by atoms with E-state index in [1.54, 1.807) is 13.8 Å². The third-order valence-corrected chi connectivity index (χ3v) is 4.41. The van der Waals surface area contributed by atoms with Crippen molar-refractivity contribution >= 4 is 10.2 Å². The molecule has 0 atom stereocenters. The standard InChI is InChI=1S/C9H21N3O3S/c1-9(2,3-8-13)11-16(14,15)12-6-4-10-5-7-12/h10-11,13H,3-8H2,1-2H3. The van der Waals surface area contributed by atoms with Crippen molar-refractivity contribution in [2.45, 2.75) is 25.8 Å². The molecule has 1 saturated heterocycles. The van der Waals surface area contributed by atoms with Crippen molar-refractivity contribution in [3.05, 3.63) is 0 Å². The number of aliphatic hydroxyl groups is 1. The van der Waals surface area contributed by atoms with E-state index in [0.29, 0.717) is 32.6 Å². The summed E-state index contributed by atoms with van der Waals surface area (Å²) in [6, 6.07) is 0. The van der Waals surface area contributed by atoms with Crippen molar-refractivity contribution < 1.29 is 13.5 Å². The average molecular weight is 251 g/mol. The van der Waals surface area contributed by atoms with Gasteiger partial charge in [-0.3, -0.25) is 0 Å². The van der Waals surface area contributed by atoms with Gasteiger partial charge >= 0.3 is 0 Å². The van der Waals surface area contributed by atoms with Crippen molar-refractivity contribution in [2.24, 2.45) is 0 Å². The lowest BCUT2D eigenvalue weighted by Gasteiger charge is -2.32. The predicted molar refractivity (Wildman–Crippen MR) is 62.3 cm³/mol. The van der Waals surface area contributed by atoms with Gasteiger partial charge in [-0.25, -0.2) is 0 Å². The molecule has 0 amide bonds. The molecule has 1 aliphatic rings. The van der Waals surface area contributed by atoms with Crippen LogP contribution in [-0.2, 0) is 10.2 Å². The second-order valence-electron chi connectivity index (χ2n) is 4.61. The van der Waals surface area contributed by atoms with Crippen molar-refractivity contribution in [3.63, 3.8) is 0 Å². The van der Waals surface area contributed by atoms with Crippen molar-refractivity contribution in [1.29, 1.82) is 0 Å². The molecule has 0 saturated carbocycles. The van der Waals surface area contributed by atoms with Crippen molar-refractivity contribution in [1.82, 2.24) is 14.3 Å². The molecule has 96 valence electrons. The van der Waals surface area contributed by atoms with Gasteiger partial charge in [0, 0.05) is 38.3 Å². The zero-order valence-corrected chi connectivity index (χ0v) is 10.7. The SMILES string of the molecule is CC(C)(CCO)NS(=O)(=O)N1CCNCC1. The fourth-order valence-corrected chi connectivity index (χ4v) is 3.22. The molecule has 0 spiro atoms. The molecule has 6 nitrogen and oxygen atoms in total. The van der Waals surface area contributed by atoms with Crippen LogP contribution in [0.4, 0.5) is 0 Å². The first-order chi connectivity index (χ1) is 7.37. The number of hydrogen-bond donors (Lipinski definition) is 3. The van der Waals surface area contributed by atoms with Crippen LogP contribution in [0.5, 0.6) is 0 Å². The van der Waals surface area contributed by atoms with Crippen LogP contribution in [0.25, 0.3) is 0 Å². The van der Waals surface area contributed by atoms with Crippen LogP contribution in [0.15, 0.2) is 0 Å². The van der Waals surface area contributed by atoms with E-state index in [2.05, 4.69) is 10.0 Å². The highest BCUT2D eigenvalue weighted by Gasteiger charge is 2.30. The van der Waals surface area contributed by atoms with Gasteiger partial charge in [-0.2, -0.15) is 17.4 Å². The summed E-state index contributed by atoms with van der Waals surface area (Å²) in [7, 11) is -3.43. The lowest BCUT2D eigenvalue weighted by Crippen LogP contribution is -2.55. The minimum absolute atomic E-state index is 0.0307. The van der Waals surface area contributed by atoms with Gasteiger partial charge in [0.2, 0.25) is 0 Å². The van der Waals surface area contributed by atoms with E-state index in [4.69, 9.17) is 5.11 Å². The van der Waals surface area contributed by atoms with E-state index in [1.165, 1.54) is 4.31 Å². The lowest BCUT2D eigenvalue weighted by atomic mass is 10.0. The topological polar surface area (TPSA) is 81.7 Å². The van der Waals surface area contributed by atoms with E-state index in [-0.39, 0.29) is 6.61 Å². The highest BCUT2D eigenvalue weighted by Crippen LogP contribution is 2.11. The van der Waals surface area contributed by atoms with Gasteiger partial charge in [0.25, 0.3) is 10.2 Å². The maximum Gasteiger partial charge on any atom is 0.280 e. The first-order valence-electron chi connectivity index (χ1n) is 5.48. The molecule has 16 heavy (non-hydrogen) atoms. The molecule has 0 aliphatic carbocycles. The molecular formula is C9H21N3O3S. The van der Waals surface area contributed by atoms with E-state index in [1.807, 2.05) is 0 Å². The molecular weight excluding hydrogens is 230 g/mol. The Morgan fingerprint density at radius 1 is 1.38 bits per heavy atom. The molecule has 0 aromatic carbocycles. The predicted octanol–water partition coefficient (Wildman–Crippen LogP) is -1.11. The summed E-state index contributed by atoms with van der Waals surface area (Å²) in [5.41, 5.74) is -0.613. The Kier molecular flexibility index (Phi) is 4.69. The molecule has 1 aliphatic heterocycles. The molecule has 7 heteroatoms. The Balaban J connectivity index is 2.63. The fourth-order valence-electron chi connectivity index (χ4n) is 1.63. The quantitative estimate of drug-likeness (QED) is 0.578. The number of nitrogens with one attached hydrogen (secondary N) is 2. The Bertz CT molecular complexity index is 310. The van der Waals surface area contributed by atoms with Crippen LogP contribution >= 0.6 is 0 Å².